The number of nitrogens with zero attached hydrogens (tertiary/aromatic N) is 1. The van der Waals surface area contributed by atoms with Gasteiger partial charge in [-0.2, -0.15) is 11.8 Å². The Morgan fingerprint density at radius 3 is 2.71 bits per heavy atom. The summed E-state index contributed by atoms with van der Waals surface area (Å²) in [6, 6.07) is 0. The normalized spacial score (nSPS) is 9.43. The molecule has 0 saturated carbocycles. The SMILES string of the molecule is CC[N]CCSC. The molecular weight excluding hydrogens is 106 g/mol. The van der Waals surface area contributed by atoms with Gasteiger partial charge in [0.05, 0.1) is 0 Å². The number of hydrogen-bond donors (Lipinski definition) is 0. The molecule has 0 aromatic heterocycles. The zero-order chi connectivity index (χ0) is 5.54. The lowest BCUT2D eigenvalue weighted by Crippen LogP contribution is -2.06. The Morgan fingerprint density at radius 2 is 2.29 bits per heavy atom. The Bertz CT molecular complexity index is 27.3. The van der Waals surface area contributed by atoms with Gasteiger partial charge in [0.15, 0.2) is 0 Å². The fourth-order valence-electron chi connectivity index (χ4n) is 0.314. The molecule has 0 saturated heterocycles. The van der Waals surface area contributed by atoms with Gasteiger partial charge in [0.2, 0.25) is 0 Å². The second kappa shape index (κ2) is 6.31. The first kappa shape index (κ1) is 7.31. The molecule has 0 rings (SSSR count). The molecule has 1 radical (unpaired) electrons. The van der Waals surface area contributed by atoms with Crippen LogP contribution in [0.5, 0.6) is 0 Å². The fraction of sp³-hybridized carbons (Fsp3) is 1.00. The molecular formula is C5H12NS. The summed E-state index contributed by atoms with van der Waals surface area (Å²) >= 11 is 1.85. The summed E-state index contributed by atoms with van der Waals surface area (Å²) in [5.41, 5.74) is 0. The second-order valence-electron chi connectivity index (χ2n) is 1.26. The third-order valence-corrected chi connectivity index (χ3v) is 1.27. The van der Waals surface area contributed by atoms with Gasteiger partial charge in [0.25, 0.3) is 0 Å². The summed E-state index contributed by atoms with van der Waals surface area (Å²) < 4.78 is 0. The molecule has 0 aromatic rings. The maximum absolute atomic E-state index is 4.14. The van der Waals surface area contributed by atoms with Gasteiger partial charge in [-0.05, 0) is 6.26 Å². The highest BCUT2D eigenvalue weighted by Crippen LogP contribution is 1.86. The highest BCUT2D eigenvalue weighted by Gasteiger charge is 1.79. The van der Waals surface area contributed by atoms with Gasteiger partial charge in [0, 0.05) is 18.8 Å². The van der Waals surface area contributed by atoms with Crippen molar-refractivity contribution < 1.29 is 0 Å². The number of rotatable bonds is 4. The molecule has 7 heavy (non-hydrogen) atoms. The van der Waals surface area contributed by atoms with Crippen LogP contribution in [-0.2, 0) is 0 Å². The van der Waals surface area contributed by atoms with Gasteiger partial charge < -0.3 is 0 Å². The van der Waals surface area contributed by atoms with Crippen molar-refractivity contribution in [2.75, 3.05) is 25.1 Å². The highest BCUT2D eigenvalue weighted by atomic mass is 32.2. The summed E-state index contributed by atoms with van der Waals surface area (Å²) in [6.45, 7) is 4.07. The molecule has 0 N–H and O–H groups in total. The van der Waals surface area contributed by atoms with E-state index >= 15 is 0 Å². The molecule has 0 aliphatic heterocycles. The van der Waals surface area contributed by atoms with E-state index in [1.807, 2.05) is 11.8 Å². The van der Waals surface area contributed by atoms with Crippen molar-refractivity contribution in [2.24, 2.45) is 0 Å². The molecule has 2 heteroatoms. The monoisotopic (exact) mass is 118 g/mol. The van der Waals surface area contributed by atoms with Crippen LogP contribution in [0.4, 0.5) is 0 Å². The van der Waals surface area contributed by atoms with E-state index in [1.54, 1.807) is 0 Å². The zero-order valence-electron chi connectivity index (χ0n) is 4.98. The maximum Gasteiger partial charge on any atom is 0.0224 e. The van der Waals surface area contributed by atoms with Crippen molar-refractivity contribution in [3.63, 3.8) is 0 Å². The lowest BCUT2D eigenvalue weighted by molar-refractivity contribution is 0.751. The van der Waals surface area contributed by atoms with Crippen LogP contribution in [-0.4, -0.2) is 25.1 Å². The second-order valence-corrected chi connectivity index (χ2v) is 2.24. The summed E-state index contributed by atoms with van der Waals surface area (Å²) in [6.07, 6.45) is 2.10. The molecule has 0 aromatic carbocycles. The van der Waals surface area contributed by atoms with Gasteiger partial charge in [-0.3, -0.25) is 0 Å². The van der Waals surface area contributed by atoms with E-state index in [2.05, 4.69) is 18.5 Å². The number of thioether (sulfide) groups is 1. The average Bonchev–Trinajstić information content (AvgIpc) is 1.69. The molecule has 0 heterocycles. The Labute approximate surface area is 49.9 Å². The molecule has 0 unspecified atom stereocenters. The summed E-state index contributed by atoms with van der Waals surface area (Å²) in [5, 5.41) is 4.14. The molecule has 0 fully saturated rings. The van der Waals surface area contributed by atoms with Crippen LogP contribution < -0.4 is 5.32 Å². The van der Waals surface area contributed by atoms with Crippen molar-refractivity contribution in [1.82, 2.24) is 5.32 Å². The van der Waals surface area contributed by atoms with Crippen molar-refractivity contribution in [2.45, 2.75) is 6.92 Å². The fourth-order valence-corrected chi connectivity index (χ4v) is 0.626. The van der Waals surface area contributed by atoms with Crippen LogP contribution in [0.1, 0.15) is 6.92 Å². The first-order valence-corrected chi connectivity index (χ1v) is 3.93. The van der Waals surface area contributed by atoms with Crippen molar-refractivity contribution in [3.05, 3.63) is 0 Å². The Morgan fingerprint density at radius 1 is 1.57 bits per heavy atom. The first-order chi connectivity index (χ1) is 3.41. The van der Waals surface area contributed by atoms with Crippen LogP contribution in [0.3, 0.4) is 0 Å². The quantitative estimate of drug-likeness (QED) is 0.502. The molecule has 0 atom stereocenters. The Balaban J connectivity index is 2.45. The summed E-state index contributed by atoms with van der Waals surface area (Å²) in [7, 11) is 0. The minimum atomic E-state index is 0.973. The highest BCUT2D eigenvalue weighted by molar-refractivity contribution is 7.98. The molecule has 43 valence electrons. The maximum atomic E-state index is 4.14. The van der Waals surface area contributed by atoms with Crippen LogP contribution in [0.2, 0.25) is 0 Å². The molecule has 0 aliphatic carbocycles. The minimum Gasteiger partial charge on any atom is -0.241 e. The largest absolute Gasteiger partial charge is 0.241 e. The Kier molecular flexibility index (Phi) is 6.59. The average molecular weight is 118 g/mol. The van der Waals surface area contributed by atoms with E-state index in [4.69, 9.17) is 0 Å². The van der Waals surface area contributed by atoms with Crippen LogP contribution in [0.25, 0.3) is 0 Å². The van der Waals surface area contributed by atoms with Crippen LogP contribution >= 0.6 is 11.8 Å². The van der Waals surface area contributed by atoms with Gasteiger partial charge >= 0.3 is 0 Å². The van der Waals surface area contributed by atoms with E-state index in [1.165, 1.54) is 5.75 Å². The van der Waals surface area contributed by atoms with E-state index < -0.39 is 0 Å². The van der Waals surface area contributed by atoms with E-state index in [-0.39, 0.29) is 0 Å². The lowest BCUT2D eigenvalue weighted by Gasteiger charge is -1.92. The van der Waals surface area contributed by atoms with Crippen LogP contribution in [0, 0.1) is 0 Å². The Hall–Kier alpha value is 0.310. The van der Waals surface area contributed by atoms with Crippen molar-refractivity contribution in [3.8, 4) is 0 Å². The third-order valence-electron chi connectivity index (χ3n) is 0.677. The minimum absolute atomic E-state index is 0.973. The van der Waals surface area contributed by atoms with Crippen molar-refractivity contribution >= 4 is 11.8 Å². The molecule has 0 spiro atoms. The van der Waals surface area contributed by atoms with E-state index in [9.17, 15) is 0 Å². The predicted octanol–water partition coefficient (Wildman–Crippen LogP) is 0.974. The van der Waals surface area contributed by atoms with Gasteiger partial charge in [0.1, 0.15) is 0 Å². The molecule has 0 amide bonds. The zero-order valence-corrected chi connectivity index (χ0v) is 5.79. The molecule has 0 aliphatic rings. The van der Waals surface area contributed by atoms with Gasteiger partial charge in [-0.15, -0.1) is 0 Å². The van der Waals surface area contributed by atoms with Crippen molar-refractivity contribution in [1.29, 1.82) is 0 Å². The smallest absolute Gasteiger partial charge is 0.0224 e. The van der Waals surface area contributed by atoms with Gasteiger partial charge in [-0.1, -0.05) is 6.92 Å². The predicted molar refractivity (Wildman–Crippen MR) is 35.9 cm³/mol. The van der Waals surface area contributed by atoms with Crippen LogP contribution in [0.15, 0.2) is 0 Å². The topological polar surface area (TPSA) is 14.1 Å². The first-order valence-electron chi connectivity index (χ1n) is 2.54. The van der Waals surface area contributed by atoms with E-state index in [0.717, 1.165) is 13.1 Å². The standard InChI is InChI=1S/C5H12NS/c1-3-6-4-5-7-2/h3-5H2,1-2H3. The number of hydrogen-bond acceptors (Lipinski definition) is 1. The van der Waals surface area contributed by atoms with Gasteiger partial charge in [-0.25, -0.2) is 5.32 Å². The summed E-state index contributed by atoms with van der Waals surface area (Å²) in [4.78, 5) is 0. The third kappa shape index (κ3) is 6.31. The lowest BCUT2D eigenvalue weighted by atomic mass is 10.7. The molecule has 1 nitrogen and oxygen atoms in total. The van der Waals surface area contributed by atoms with E-state index in [0.29, 0.717) is 0 Å². The summed E-state index contributed by atoms with van der Waals surface area (Å²) in [5.74, 6) is 1.17. The molecule has 0 bridgehead atoms.